The normalized spacial score (nSPS) is 10.7. The van der Waals surface area contributed by atoms with Crippen LogP contribution in [0, 0.1) is 11.8 Å². The molecule has 0 radical (unpaired) electrons. The summed E-state index contributed by atoms with van der Waals surface area (Å²) in [6, 6.07) is 21.6. The monoisotopic (exact) mass is 481 g/mol. The van der Waals surface area contributed by atoms with Crippen LogP contribution < -0.4 is 5.32 Å². The van der Waals surface area contributed by atoms with E-state index in [4.69, 9.17) is 0 Å². The van der Waals surface area contributed by atoms with Gasteiger partial charge in [-0.1, -0.05) is 58.1 Å². The lowest BCUT2D eigenvalue weighted by atomic mass is 10.1. The van der Waals surface area contributed by atoms with Gasteiger partial charge in [-0.3, -0.25) is 4.79 Å². The fourth-order valence-electron chi connectivity index (χ4n) is 2.77. The van der Waals surface area contributed by atoms with Crippen molar-refractivity contribution in [2.45, 2.75) is 17.9 Å². The molecule has 0 bridgehead atoms. The highest BCUT2D eigenvalue weighted by Gasteiger charge is 2.08. The third kappa shape index (κ3) is 6.31. The van der Waals surface area contributed by atoms with Gasteiger partial charge in [-0.15, -0.1) is 0 Å². The molecule has 0 unspecified atom stereocenters. The Morgan fingerprint density at radius 1 is 0.967 bits per heavy atom. The standard InChI is InChI=1S/C24H20BrNO3S/c1-30(28,29)23-13-11-20(12-14-23)17-26-24(27)21-9-3-7-18(15-21)5-2-6-19-8-4-10-22(25)16-19/h3-4,7-16H,6,17H2,1H3,(H,26,27). The predicted octanol–water partition coefficient (Wildman–Crippen LogP) is 4.38. The number of carbonyl (C=O) groups is 1. The van der Waals surface area contributed by atoms with Crippen molar-refractivity contribution in [1.29, 1.82) is 0 Å². The van der Waals surface area contributed by atoms with E-state index >= 15 is 0 Å². The Morgan fingerprint density at radius 3 is 2.40 bits per heavy atom. The van der Waals surface area contributed by atoms with Gasteiger partial charge in [0.05, 0.1) is 4.90 Å². The van der Waals surface area contributed by atoms with Crippen LogP contribution >= 0.6 is 15.9 Å². The highest BCUT2D eigenvalue weighted by molar-refractivity contribution is 9.10. The van der Waals surface area contributed by atoms with Gasteiger partial charge >= 0.3 is 0 Å². The Kier molecular flexibility index (Phi) is 7.09. The van der Waals surface area contributed by atoms with Crippen LogP contribution in [-0.4, -0.2) is 20.6 Å². The lowest BCUT2D eigenvalue weighted by Gasteiger charge is -2.07. The van der Waals surface area contributed by atoms with Crippen LogP contribution in [0.15, 0.2) is 82.2 Å². The molecule has 0 aliphatic rings. The minimum Gasteiger partial charge on any atom is -0.348 e. The van der Waals surface area contributed by atoms with Gasteiger partial charge in [0.2, 0.25) is 0 Å². The van der Waals surface area contributed by atoms with Crippen molar-refractivity contribution in [3.05, 3.63) is 99.5 Å². The lowest BCUT2D eigenvalue weighted by Crippen LogP contribution is -2.22. The summed E-state index contributed by atoms with van der Waals surface area (Å²) in [5.74, 6) is 6.02. The molecule has 0 fully saturated rings. The first-order valence-corrected chi connectivity index (χ1v) is 11.9. The highest BCUT2D eigenvalue weighted by atomic mass is 79.9. The van der Waals surface area contributed by atoms with E-state index in [-0.39, 0.29) is 10.8 Å². The van der Waals surface area contributed by atoms with Gasteiger partial charge in [0.25, 0.3) is 5.91 Å². The Labute approximate surface area is 185 Å². The van der Waals surface area contributed by atoms with Crippen LogP contribution in [-0.2, 0) is 22.8 Å². The van der Waals surface area contributed by atoms with Crippen LogP contribution in [0.2, 0.25) is 0 Å². The van der Waals surface area contributed by atoms with E-state index in [2.05, 4.69) is 33.1 Å². The maximum absolute atomic E-state index is 12.5. The van der Waals surface area contributed by atoms with Crippen molar-refractivity contribution in [3.8, 4) is 11.8 Å². The molecule has 0 saturated carbocycles. The molecule has 0 aromatic heterocycles. The molecule has 1 N–H and O–H groups in total. The van der Waals surface area contributed by atoms with Gasteiger partial charge in [-0.2, -0.15) is 0 Å². The summed E-state index contributed by atoms with van der Waals surface area (Å²) in [7, 11) is -3.23. The third-order valence-electron chi connectivity index (χ3n) is 4.34. The van der Waals surface area contributed by atoms with E-state index in [9.17, 15) is 13.2 Å². The van der Waals surface area contributed by atoms with Gasteiger partial charge in [0.1, 0.15) is 0 Å². The second-order valence-corrected chi connectivity index (χ2v) is 9.72. The average molecular weight is 482 g/mol. The molecule has 0 aliphatic heterocycles. The number of hydrogen-bond donors (Lipinski definition) is 1. The van der Waals surface area contributed by atoms with Gasteiger partial charge in [0, 0.05) is 34.8 Å². The second kappa shape index (κ2) is 9.75. The summed E-state index contributed by atoms with van der Waals surface area (Å²) in [6.07, 6.45) is 1.79. The Hall–Kier alpha value is -2.88. The van der Waals surface area contributed by atoms with E-state index in [1.54, 1.807) is 30.3 Å². The molecular weight excluding hydrogens is 462 g/mol. The first-order valence-electron chi connectivity index (χ1n) is 9.22. The minimum absolute atomic E-state index is 0.210. The van der Waals surface area contributed by atoms with Crippen molar-refractivity contribution in [1.82, 2.24) is 5.32 Å². The van der Waals surface area contributed by atoms with Crippen LogP contribution in [0.1, 0.15) is 27.0 Å². The summed E-state index contributed by atoms with van der Waals surface area (Å²) in [4.78, 5) is 12.7. The first-order chi connectivity index (χ1) is 14.3. The van der Waals surface area contributed by atoms with E-state index in [1.165, 1.54) is 18.4 Å². The molecule has 152 valence electrons. The number of sulfone groups is 1. The smallest absolute Gasteiger partial charge is 0.251 e. The molecule has 0 spiro atoms. The summed E-state index contributed by atoms with van der Waals surface area (Å²) < 4.78 is 24.0. The molecule has 0 heterocycles. The zero-order valence-corrected chi connectivity index (χ0v) is 18.8. The van der Waals surface area contributed by atoms with Crippen molar-refractivity contribution < 1.29 is 13.2 Å². The maximum Gasteiger partial charge on any atom is 0.251 e. The van der Waals surface area contributed by atoms with Crippen molar-refractivity contribution in [3.63, 3.8) is 0 Å². The zero-order valence-electron chi connectivity index (χ0n) is 16.4. The average Bonchev–Trinajstić information content (AvgIpc) is 2.72. The molecule has 0 saturated heterocycles. The van der Waals surface area contributed by atoms with Gasteiger partial charge < -0.3 is 5.32 Å². The Morgan fingerprint density at radius 2 is 1.70 bits per heavy atom. The minimum atomic E-state index is -3.23. The molecule has 4 nitrogen and oxygen atoms in total. The molecule has 0 aliphatic carbocycles. The quantitative estimate of drug-likeness (QED) is 0.550. The van der Waals surface area contributed by atoms with E-state index in [0.717, 1.165) is 21.2 Å². The van der Waals surface area contributed by atoms with Crippen LogP contribution in [0.3, 0.4) is 0 Å². The van der Waals surface area contributed by atoms with Crippen LogP contribution in [0.4, 0.5) is 0 Å². The zero-order chi connectivity index (χ0) is 21.6. The van der Waals surface area contributed by atoms with Crippen LogP contribution in [0.5, 0.6) is 0 Å². The SMILES string of the molecule is CS(=O)(=O)c1ccc(CNC(=O)c2cccc(C#CCc3cccc(Br)c3)c2)cc1. The maximum atomic E-state index is 12.5. The molecule has 1 amide bonds. The number of carbonyl (C=O) groups excluding carboxylic acids is 1. The predicted molar refractivity (Wildman–Crippen MR) is 122 cm³/mol. The van der Waals surface area contributed by atoms with Gasteiger partial charge in [-0.25, -0.2) is 8.42 Å². The summed E-state index contributed by atoms with van der Waals surface area (Å²) in [5.41, 5.74) is 3.24. The Bertz CT molecular complexity index is 1220. The summed E-state index contributed by atoms with van der Waals surface area (Å²) in [6.45, 7) is 0.307. The molecule has 30 heavy (non-hydrogen) atoms. The Balaban J connectivity index is 1.61. The number of nitrogens with one attached hydrogen (secondary N) is 1. The lowest BCUT2D eigenvalue weighted by molar-refractivity contribution is 0.0951. The summed E-state index contributed by atoms with van der Waals surface area (Å²) in [5, 5.41) is 2.85. The largest absolute Gasteiger partial charge is 0.348 e. The van der Waals surface area contributed by atoms with E-state index in [1.807, 2.05) is 30.3 Å². The molecule has 0 atom stereocenters. The van der Waals surface area contributed by atoms with Crippen LogP contribution in [0.25, 0.3) is 0 Å². The van der Waals surface area contributed by atoms with Crippen molar-refractivity contribution >= 4 is 31.7 Å². The van der Waals surface area contributed by atoms with Gasteiger partial charge in [0.15, 0.2) is 9.84 Å². The molecule has 6 heteroatoms. The number of amides is 1. The number of hydrogen-bond acceptors (Lipinski definition) is 3. The van der Waals surface area contributed by atoms with E-state index in [0.29, 0.717) is 18.5 Å². The fraction of sp³-hybridized carbons (Fsp3) is 0.125. The molecule has 3 rings (SSSR count). The van der Waals surface area contributed by atoms with Crippen molar-refractivity contribution in [2.75, 3.05) is 6.26 Å². The summed E-state index contributed by atoms with van der Waals surface area (Å²) >= 11 is 3.45. The first kappa shape index (κ1) is 21.8. The second-order valence-electron chi connectivity index (χ2n) is 6.79. The van der Waals surface area contributed by atoms with Crippen molar-refractivity contribution in [2.24, 2.45) is 0 Å². The van der Waals surface area contributed by atoms with E-state index < -0.39 is 9.84 Å². The van der Waals surface area contributed by atoms with Gasteiger partial charge in [-0.05, 0) is 53.6 Å². The topological polar surface area (TPSA) is 63.2 Å². The molecular formula is C24H20BrNO3S. The third-order valence-corrected chi connectivity index (χ3v) is 5.97. The highest BCUT2D eigenvalue weighted by Crippen LogP contribution is 2.12. The fourth-order valence-corrected chi connectivity index (χ4v) is 3.85. The number of rotatable bonds is 5. The molecule has 3 aromatic rings. The number of benzene rings is 3. The number of halogens is 1. The molecule has 3 aromatic carbocycles.